The number of rotatable bonds is 5. The van der Waals surface area contributed by atoms with E-state index < -0.39 is 9.84 Å². The van der Waals surface area contributed by atoms with E-state index in [0.29, 0.717) is 6.54 Å². The molecule has 110 valence electrons. The second kappa shape index (κ2) is 6.52. The minimum Gasteiger partial charge on any atom is -0.368 e. The fraction of sp³-hybridized carbons (Fsp3) is 0.467. The van der Waals surface area contributed by atoms with Crippen molar-refractivity contribution in [1.82, 2.24) is 4.90 Å². The van der Waals surface area contributed by atoms with Gasteiger partial charge in [0.05, 0.1) is 18.0 Å². The lowest BCUT2D eigenvalue weighted by Gasteiger charge is -2.36. The summed E-state index contributed by atoms with van der Waals surface area (Å²) in [4.78, 5) is 2.15. The second-order valence-electron chi connectivity index (χ2n) is 5.14. The highest BCUT2D eigenvalue weighted by molar-refractivity contribution is 7.94. The average Bonchev–Trinajstić information content (AvgIpc) is 2.46. The van der Waals surface area contributed by atoms with E-state index in [0.717, 1.165) is 24.1 Å². The van der Waals surface area contributed by atoms with Gasteiger partial charge in [0, 0.05) is 25.0 Å². The number of morpholine rings is 1. The van der Waals surface area contributed by atoms with Gasteiger partial charge in [0.15, 0.2) is 9.84 Å². The van der Waals surface area contributed by atoms with Crippen molar-refractivity contribution in [2.75, 3.05) is 25.4 Å². The summed E-state index contributed by atoms with van der Waals surface area (Å²) in [6.45, 7) is 7.36. The monoisotopic (exact) mass is 295 g/mol. The number of benzene rings is 1. The smallest absolute Gasteiger partial charge is 0.172 e. The van der Waals surface area contributed by atoms with Crippen LogP contribution in [0, 0.1) is 0 Å². The number of ether oxygens (including phenoxy) is 1. The molecule has 2 rings (SSSR count). The predicted octanol–water partition coefficient (Wildman–Crippen LogP) is 2.01. The molecule has 1 saturated heterocycles. The van der Waals surface area contributed by atoms with Crippen LogP contribution in [0.4, 0.5) is 0 Å². The van der Waals surface area contributed by atoms with E-state index in [2.05, 4.69) is 11.5 Å². The van der Waals surface area contributed by atoms with Gasteiger partial charge in [-0.05, 0) is 12.5 Å². The molecule has 1 heterocycles. The maximum atomic E-state index is 11.5. The second-order valence-corrected chi connectivity index (χ2v) is 7.21. The van der Waals surface area contributed by atoms with E-state index in [-0.39, 0.29) is 18.0 Å². The summed E-state index contributed by atoms with van der Waals surface area (Å²) in [5, 5.41) is 1.03. The van der Waals surface area contributed by atoms with Crippen molar-refractivity contribution in [3.05, 3.63) is 47.9 Å². The lowest BCUT2D eigenvalue weighted by atomic mass is 10.1. The largest absolute Gasteiger partial charge is 0.368 e. The Morgan fingerprint density at radius 2 is 2.05 bits per heavy atom. The van der Waals surface area contributed by atoms with Gasteiger partial charge in [-0.25, -0.2) is 8.42 Å². The zero-order valence-electron chi connectivity index (χ0n) is 11.7. The van der Waals surface area contributed by atoms with Crippen molar-refractivity contribution >= 4 is 9.84 Å². The Kier molecular flexibility index (Phi) is 4.96. The molecule has 0 bridgehead atoms. The molecule has 0 spiro atoms. The molecule has 20 heavy (non-hydrogen) atoms. The molecular formula is C15H21NO3S. The van der Waals surface area contributed by atoms with Gasteiger partial charge in [0.2, 0.25) is 0 Å². The highest BCUT2D eigenvalue weighted by Gasteiger charge is 2.26. The normalized spacial score (nSPS) is 24.4. The standard InChI is InChI=1S/C15H21NO3S/c1-3-20(17,18)10-9-16-11-13(2)19-15(12-16)14-7-5-4-6-8-14/h3-8,13,15H,1,9-12H2,2H3. The third-order valence-electron chi connectivity index (χ3n) is 3.45. The van der Waals surface area contributed by atoms with Crippen LogP contribution in [0.3, 0.4) is 0 Å². The van der Waals surface area contributed by atoms with Gasteiger partial charge in [-0.1, -0.05) is 36.9 Å². The summed E-state index contributed by atoms with van der Waals surface area (Å²) in [6.07, 6.45) is 0.103. The van der Waals surface area contributed by atoms with E-state index in [1.807, 2.05) is 37.3 Å². The molecule has 1 fully saturated rings. The van der Waals surface area contributed by atoms with E-state index in [4.69, 9.17) is 4.74 Å². The van der Waals surface area contributed by atoms with Gasteiger partial charge in [-0.15, -0.1) is 0 Å². The lowest BCUT2D eigenvalue weighted by Crippen LogP contribution is -2.44. The third kappa shape index (κ3) is 4.16. The molecule has 0 aliphatic carbocycles. The van der Waals surface area contributed by atoms with Crippen molar-refractivity contribution in [1.29, 1.82) is 0 Å². The van der Waals surface area contributed by atoms with Crippen molar-refractivity contribution in [2.24, 2.45) is 0 Å². The molecule has 4 nitrogen and oxygen atoms in total. The van der Waals surface area contributed by atoms with E-state index in [1.165, 1.54) is 0 Å². The molecule has 1 aliphatic rings. The van der Waals surface area contributed by atoms with Crippen LogP contribution < -0.4 is 0 Å². The molecule has 1 aromatic rings. The van der Waals surface area contributed by atoms with Gasteiger partial charge in [-0.3, -0.25) is 4.90 Å². The van der Waals surface area contributed by atoms with Crippen molar-refractivity contribution in [3.63, 3.8) is 0 Å². The van der Waals surface area contributed by atoms with Crippen LogP contribution in [0.2, 0.25) is 0 Å². The Bertz CT molecular complexity index is 541. The van der Waals surface area contributed by atoms with Crippen LogP contribution in [-0.2, 0) is 14.6 Å². The molecule has 0 aromatic heterocycles. The van der Waals surface area contributed by atoms with Gasteiger partial charge in [0.25, 0.3) is 0 Å². The minimum absolute atomic E-state index is 0.00591. The van der Waals surface area contributed by atoms with Gasteiger partial charge >= 0.3 is 0 Å². The summed E-state index contributed by atoms with van der Waals surface area (Å²) in [5.41, 5.74) is 1.13. The minimum atomic E-state index is -3.14. The summed E-state index contributed by atoms with van der Waals surface area (Å²) in [6, 6.07) is 10.0. The first kappa shape index (κ1) is 15.2. The van der Waals surface area contributed by atoms with E-state index in [9.17, 15) is 8.42 Å². The molecule has 5 heteroatoms. The van der Waals surface area contributed by atoms with Crippen LogP contribution >= 0.6 is 0 Å². The highest BCUT2D eigenvalue weighted by Crippen LogP contribution is 2.24. The van der Waals surface area contributed by atoms with Gasteiger partial charge in [-0.2, -0.15) is 0 Å². The fourth-order valence-electron chi connectivity index (χ4n) is 2.41. The van der Waals surface area contributed by atoms with Gasteiger partial charge < -0.3 is 4.74 Å². The topological polar surface area (TPSA) is 46.6 Å². The van der Waals surface area contributed by atoms with E-state index in [1.54, 1.807) is 0 Å². The van der Waals surface area contributed by atoms with Gasteiger partial charge in [0.1, 0.15) is 0 Å². The Morgan fingerprint density at radius 1 is 1.35 bits per heavy atom. The fourth-order valence-corrected chi connectivity index (χ4v) is 3.09. The summed E-state index contributed by atoms with van der Waals surface area (Å²) >= 11 is 0. The Hall–Kier alpha value is -1.17. The Labute approximate surface area is 121 Å². The highest BCUT2D eigenvalue weighted by atomic mass is 32.2. The molecule has 2 unspecified atom stereocenters. The van der Waals surface area contributed by atoms with Crippen LogP contribution in [0.1, 0.15) is 18.6 Å². The first-order valence-electron chi connectivity index (χ1n) is 6.78. The van der Waals surface area contributed by atoms with Crippen LogP contribution in [0.15, 0.2) is 42.3 Å². The molecule has 2 atom stereocenters. The Morgan fingerprint density at radius 3 is 2.70 bits per heavy atom. The molecule has 1 aromatic carbocycles. The SMILES string of the molecule is C=CS(=O)(=O)CCN1CC(C)OC(c2ccccc2)C1. The van der Waals surface area contributed by atoms with Crippen molar-refractivity contribution < 1.29 is 13.2 Å². The first-order chi connectivity index (χ1) is 9.50. The lowest BCUT2D eigenvalue weighted by molar-refractivity contribution is -0.0772. The van der Waals surface area contributed by atoms with Crippen LogP contribution in [0.5, 0.6) is 0 Å². The maximum Gasteiger partial charge on any atom is 0.172 e. The summed E-state index contributed by atoms with van der Waals surface area (Å²) < 4.78 is 28.9. The van der Waals surface area contributed by atoms with Crippen LogP contribution in [0.25, 0.3) is 0 Å². The Balaban J connectivity index is 2.00. The quantitative estimate of drug-likeness (QED) is 0.833. The molecule has 0 N–H and O–H groups in total. The van der Waals surface area contributed by atoms with E-state index >= 15 is 0 Å². The first-order valence-corrected chi connectivity index (χ1v) is 8.49. The maximum absolute atomic E-state index is 11.5. The van der Waals surface area contributed by atoms with Crippen molar-refractivity contribution in [3.8, 4) is 0 Å². The van der Waals surface area contributed by atoms with Crippen LogP contribution in [-0.4, -0.2) is 44.8 Å². The third-order valence-corrected chi connectivity index (χ3v) is 4.71. The predicted molar refractivity (Wildman–Crippen MR) is 80.2 cm³/mol. The average molecular weight is 295 g/mol. The zero-order valence-corrected chi connectivity index (χ0v) is 12.6. The summed E-state index contributed by atoms with van der Waals surface area (Å²) in [5.74, 6) is 0.116. The number of sulfone groups is 1. The number of hydrogen-bond donors (Lipinski definition) is 0. The molecule has 0 saturated carbocycles. The number of nitrogens with zero attached hydrogens (tertiary/aromatic N) is 1. The molecule has 1 aliphatic heterocycles. The molecular weight excluding hydrogens is 274 g/mol. The zero-order chi connectivity index (χ0) is 14.6. The number of hydrogen-bond acceptors (Lipinski definition) is 4. The summed E-state index contributed by atoms with van der Waals surface area (Å²) in [7, 11) is -3.14. The van der Waals surface area contributed by atoms with Crippen molar-refractivity contribution in [2.45, 2.75) is 19.1 Å². The molecule has 0 radical (unpaired) electrons. The molecule has 0 amide bonds.